The number of methoxy groups -OCH3 is 1. The van der Waals surface area contributed by atoms with Crippen LogP contribution in [-0.2, 0) is 11.2 Å². The fraction of sp³-hybridized carbons (Fsp3) is 0.316. The Morgan fingerprint density at radius 2 is 1.77 bits per heavy atom. The van der Waals surface area contributed by atoms with Crippen molar-refractivity contribution in [3.05, 3.63) is 60.2 Å². The Balaban J connectivity index is 1.81. The first-order valence-corrected chi connectivity index (χ1v) is 7.66. The number of anilines is 1. The molecule has 0 bridgehead atoms. The fourth-order valence-electron chi connectivity index (χ4n) is 2.43. The molecule has 0 aliphatic heterocycles. The van der Waals surface area contributed by atoms with E-state index < -0.39 is 0 Å². The summed E-state index contributed by atoms with van der Waals surface area (Å²) in [5.74, 6) is 1.06. The SMILES string of the molecule is COc1ccccc1NC(=O)C[C@H](C)CCc1ccccc1. The molecule has 0 spiro atoms. The Labute approximate surface area is 132 Å². The first kappa shape index (κ1) is 16.1. The zero-order valence-corrected chi connectivity index (χ0v) is 13.2. The minimum absolute atomic E-state index is 0.0325. The molecular weight excluding hydrogens is 274 g/mol. The van der Waals surface area contributed by atoms with E-state index >= 15 is 0 Å². The highest BCUT2D eigenvalue weighted by atomic mass is 16.5. The molecule has 3 nitrogen and oxygen atoms in total. The lowest BCUT2D eigenvalue weighted by atomic mass is 9.98. The monoisotopic (exact) mass is 297 g/mol. The second-order valence-corrected chi connectivity index (χ2v) is 5.58. The van der Waals surface area contributed by atoms with Gasteiger partial charge in [-0.05, 0) is 36.5 Å². The van der Waals surface area contributed by atoms with E-state index in [1.54, 1.807) is 7.11 Å². The minimum Gasteiger partial charge on any atom is -0.495 e. The highest BCUT2D eigenvalue weighted by Gasteiger charge is 2.11. The lowest BCUT2D eigenvalue weighted by Gasteiger charge is -2.13. The van der Waals surface area contributed by atoms with Crippen LogP contribution in [0.2, 0.25) is 0 Å². The van der Waals surface area contributed by atoms with Crippen molar-refractivity contribution in [3.63, 3.8) is 0 Å². The van der Waals surface area contributed by atoms with Gasteiger partial charge in [-0.15, -0.1) is 0 Å². The van der Waals surface area contributed by atoms with E-state index in [-0.39, 0.29) is 5.91 Å². The third-order valence-corrected chi connectivity index (χ3v) is 3.68. The molecule has 0 radical (unpaired) electrons. The number of rotatable bonds is 7. The standard InChI is InChI=1S/C19H23NO2/c1-15(12-13-16-8-4-3-5-9-16)14-19(21)20-17-10-6-7-11-18(17)22-2/h3-11,15H,12-14H2,1-2H3,(H,20,21)/t15-/m1/s1. The number of para-hydroxylation sites is 2. The first-order chi connectivity index (χ1) is 10.7. The molecular formula is C19H23NO2. The summed E-state index contributed by atoms with van der Waals surface area (Å²) in [5.41, 5.74) is 2.05. The first-order valence-electron chi connectivity index (χ1n) is 7.66. The van der Waals surface area contributed by atoms with E-state index in [0.717, 1.165) is 18.5 Å². The van der Waals surface area contributed by atoms with E-state index in [0.29, 0.717) is 18.1 Å². The maximum atomic E-state index is 12.1. The van der Waals surface area contributed by atoms with E-state index in [2.05, 4.69) is 24.4 Å². The van der Waals surface area contributed by atoms with Gasteiger partial charge in [0.1, 0.15) is 5.75 Å². The average Bonchev–Trinajstić information content (AvgIpc) is 2.54. The molecule has 1 amide bonds. The van der Waals surface area contributed by atoms with Gasteiger partial charge in [-0.3, -0.25) is 4.79 Å². The van der Waals surface area contributed by atoms with Gasteiger partial charge in [0.15, 0.2) is 0 Å². The number of benzene rings is 2. The van der Waals surface area contributed by atoms with Crippen LogP contribution in [0.1, 0.15) is 25.3 Å². The Hall–Kier alpha value is -2.29. The van der Waals surface area contributed by atoms with Gasteiger partial charge in [-0.25, -0.2) is 0 Å². The maximum absolute atomic E-state index is 12.1. The van der Waals surface area contributed by atoms with Crippen LogP contribution in [0.5, 0.6) is 5.75 Å². The zero-order valence-electron chi connectivity index (χ0n) is 13.2. The molecule has 0 aliphatic carbocycles. The lowest BCUT2D eigenvalue weighted by Crippen LogP contribution is -2.16. The number of hydrogen-bond acceptors (Lipinski definition) is 2. The van der Waals surface area contributed by atoms with Crippen molar-refractivity contribution in [1.82, 2.24) is 0 Å². The summed E-state index contributed by atoms with van der Waals surface area (Å²) < 4.78 is 5.24. The van der Waals surface area contributed by atoms with E-state index in [4.69, 9.17) is 4.74 Å². The molecule has 0 fully saturated rings. The largest absolute Gasteiger partial charge is 0.495 e. The van der Waals surface area contributed by atoms with Crippen molar-refractivity contribution in [3.8, 4) is 5.75 Å². The Morgan fingerprint density at radius 3 is 2.50 bits per heavy atom. The Kier molecular flexibility index (Phi) is 6.01. The summed E-state index contributed by atoms with van der Waals surface area (Å²) in [6.45, 7) is 2.12. The third kappa shape index (κ3) is 4.92. The van der Waals surface area contributed by atoms with Crippen molar-refractivity contribution < 1.29 is 9.53 Å². The van der Waals surface area contributed by atoms with E-state index in [1.165, 1.54) is 5.56 Å². The lowest BCUT2D eigenvalue weighted by molar-refractivity contribution is -0.117. The molecule has 3 heteroatoms. The number of carbonyl (C=O) groups excluding carboxylic acids is 1. The second-order valence-electron chi connectivity index (χ2n) is 5.58. The topological polar surface area (TPSA) is 38.3 Å². The van der Waals surface area contributed by atoms with Gasteiger partial charge in [0.2, 0.25) is 5.91 Å². The molecule has 0 heterocycles. The third-order valence-electron chi connectivity index (χ3n) is 3.68. The van der Waals surface area contributed by atoms with E-state index in [1.807, 2.05) is 42.5 Å². The summed E-state index contributed by atoms with van der Waals surface area (Å²) in [6, 6.07) is 17.8. The molecule has 1 N–H and O–H groups in total. The molecule has 0 aliphatic rings. The highest BCUT2D eigenvalue weighted by Crippen LogP contribution is 2.23. The second kappa shape index (κ2) is 8.23. The molecule has 116 valence electrons. The molecule has 0 aromatic heterocycles. The molecule has 1 atom stereocenters. The van der Waals surface area contributed by atoms with Crippen molar-refractivity contribution in [2.75, 3.05) is 12.4 Å². The van der Waals surface area contributed by atoms with E-state index in [9.17, 15) is 4.79 Å². The molecule has 0 saturated carbocycles. The van der Waals surface area contributed by atoms with Crippen LogP contribution in [0.3, 0.4) is 0 Å². The van der Waals surface area contributed by atoms with Crippen LogP contribution in [0.25, 0.3) is 0 Å². The molecule has 2 aromatic carbocycles. The van der Waals surface area contributed by atoms with Crippen LogP contribution in [0.15, 0.2) is 54.6 Å². The van der Waals surface area contributed by atoms with Gasteiger partial charge < -0.3 is 10.1 Å². The predicted octanol–water partition coefficient (Wildman–Crippen LogP) is 4.29. The molecule has 2 aromatic rings. The number of aryl methyl sites for hydroxylation is 1. The number of amides is 1. The molecule has 0 saturated heterocycles. The summed E-state index contributed by atoms with van der Waals surface area (Å²) in [7, 11) is 1.60. The Morgan fingerprint density at radius 1 is 1.09 bits per heavy atom. The summed E-state index contributed by atoms with van der Waals surface area (Å²) in [6.07, 6.45) is 2.53. The minimum atomic E-state index is 0.0325. The van der Waals surface area contributed by atoms with Gasteiger partial charge in [0, 0.05) is 6.42 Å². The smallest absolute Gasteiger partial charge is 0.224 e. The summed E-state index contributed by atoms with van der Waals surface area (Å²) in [4.78, 5) is 12.1. The van der Waals surface area contributed by atoms with Crippen LogP contribution < -0.4 is 10.1 Å². The number of carbonyl (C=O) groups is 1. The molecule has 22 heavy (non-hydrogen) atoms. The normalized spacial score (nSPS) is 11.7. The average molecular weight is 297 g/mol. The van der Waals surface area contributed by atoms with Gasteiger partial charge in [0.25, 0.3) is 0 Å². The molecule has 2 rings (SSSR count). The fourth-order valence-corrected chi connectivity index (χ4v) is 2.43. The predicted molar refractivity (Wildman–Crippen MR) is 90.2 cm³/mol. The quantitative estimate of drug-likeness (QED) is 0.827. The highest BCUT2D eigenvalue weighted by molar-refractivity contribution is 5.92. The number of nitrogens with one attached hydrogen (secondary N) is 1. The van der Waals surface area contributed by atoms with Gasteiger partial charge in [0.05, 0.1) is 12.8 Å². The van der Waals surface area contributed by atoms with Gasteiger partial charge in [-0.2, -0.15) is 0 Å². The summed E-state index contributed by atoms with van der Waals surface area (Å²) >= 11 is 0. The maximum Gasteiger partial charge on any atom is 0.224 e. The van der Waals surface area contributed by atoms with Crippen molar-refractivity contribution in [2.24, 2.45) is 5.92 Å². The number of hydrogen-bond donors (Lipinski definition) is 1. The van der Waals surface area contributed by atoms with Crippen molar-refractivity contribution in [2.45, 2.75) is 26.2 Å². The van der Waals surface area contributed by atoms with Crippen LogP contribution in [-0.4, -0.2) is 13.0 Å². The zero-order chi connectivity index (χ0) is 15.8. The summed E-state index contributed by atoms with van der Waals surface area (Å²) in [5, 5.41) is 2.93. The number of ether oxygens (including phenoxy) is 1. The van der Waals surface area contributed by atoms with Crippen LogP contribution in [0, 0.1) is 5.92 Å². The Bertz CT molecular complexity index is 595. The molecule has 0 unspecified atom stereocenters. The van der Waals surface area contributed by atoms with Crippen LogP contribution in [0.4, 0.5) is 5.69 Å². The van der Waals surface area contributed by atoms with Crippen LogP contribution >= 0.6 is 0 Å². The van der Waals surface area contributed by atoms with Crippen molar-refractivity contribution >= 4 is 11.6 Å². The van der Waals surface area contributed by atoms with Crippen molar-refractivity contribution in [1.29, 1.82) is 0 Å². The van der Waals surface area contributed by atoms with Gasteiger partial charge in [-0.1, -0.05) is 49.4 Å². The van der Waals surface area contributed by atoms with Gasteiger partial charge >= 0.3 is 0 Å².